The van der Waals surface area contributed by atoms with Crippen LogP contribution in [-0.4, -0.2) is 61.4 Å². The van der Waals surface area contributed by atoms with E-state index in [1.54, 1.807) is 6.92 Å². The maximum Gasteiger partial charge on any atom is 0.316 e. The number of esters is 1. The molecule has 0 aromatic heterocycles. The summed E-state index contributed by atoms with van der Waals surface area (Å²) in [5.74, 6) is -1.35. The number of carbonyl (C=O) groups excluding carboxylic acids is 2. The minimum absolute atomic E-state index is 0.0875. The lowest BCUT2D eigenvalue weighted by Gasteiger charge is -2.41. The molecule has 6 heteroatoms. The second kappa shape index (κ2) is 13.2. The van der Waals surface area contributed by atoms with Gasteiger partial charge in [0.25, 0.3) is 0 Å². The highest BCUT2D eigenvalue weighted by molar-refractivity contribution is 5.99. The van der Waals surface area contributed by atoms with Crippen LogP contribution in [0.2, 0.25) is 0 Å². The van der Waals surface area contributed by atoms with Crippen LogP contribution in [0, 0.1) is 23.7 Å². The van der Waals surface area contributed by atoms with Crippen molar-refractivity contribution in [1.82, 2.24) is 4.90 Å². The Morgan fingerprint density at radius 3 is 2.35 bits per heavy atom. The summed E-state index contributed by atoms with van der Waals surface area (Å²) >= 11 is 0. The van der Waals surface area contributed by atoms with Crippen molar-refractivity contribution in [2.24, 2.45) is 23.7 Å². The molecule has 0 aliphatic carbocycles. The Hall–Kier alpha value is -1.24. The molecule has 0 bridgehead atoms. The predicted molar refractivity (Wildman–Crippen MR) is 135 cm³/mol. The van der Waals surface area contributed by atoms with Crippen LogP contribution in [0.3, 0.4) is 0 Å². The van der Waals surface area contributed by atoms with E-state index in [-0.39, 0.29) is 36.3 Å². The van der Waals surface area contributed by atoms with Crippen molar-refractivity contribution in [3.05, 3.63) is 12.2 Å². The van der Waals surface area contributed by atoms with Crippen molar-refractivity contribution in [3.63, 3.8) is 0 Å². The standard InChI is InChI=1S/C28H49NO5/c1-10-24-13-11-12-17(2)18(3)14-19(4)27(21(6)26(30)22(7)28(31)33-24)34-25-16-23(29(8)9)15-20(5)32-25/h18-25,27H,2,10-16H2,1,3-9H3/t18-,19+,20-,21+,22-,23+,24-,25+,27+/m1/s1. The van der Waals surface area contributed by atoms with Gasteiger partial charge in [-0.05, 0) is 78.3 Å². The summed E-state index contributed by atoms with van der Waals surface area (Å²) in [6, 6.07) is 0.368. The molecule has 2 aliphatic rings. The van der Waals surface area contributed by atoms with Crippen molar-refractivity contribution in [3.8, 4) is 0 Å². The summed E-state index contributed by atoms with van der Waals surface area (Å²) in [5, 5.41) is 0. The first-order valence-corrected chi connectivity index (χ1v) is 13.3. The third-order valence-electron chi connectivity index (χ3n) is 7.96. The fraction of sp³-hybridized carbons (Fsp3) is 0.857. The van der Waals surface area contributed by atoms with Crippen molar-refractivity contribution in [1.29, 1.82) is 0 Å². The summed E-state index contributed by atoms with van der Waals surface area (Å²) in [6.07, 6.45) is 5.22. The third-order valence-corrected chi connectivity index (χ3v) is 7.96. The van der Waals surface area contributed by atoms with E-state index in [1.807, 2.05) is 13.8 Å². The van der Waals surface area contributed by atoms with Crippen LogP contribution in [0.4, 0.5) is 0 Å². The number of rotatable bonds is 4. The van der Waals surface area contributed by atoms with E-state index >= 15 is 0 Å². The number of carbonyl (C=O) groups is 2. The van der Waals surface area contributed by atoms with Crippen LogP contribution in [-0.2, 0) is 23.8 Å². The molecule has 2 fully saturated rings. The zero-order chi connectivity index (χ0) is 25.6. The summed E-state index contributed by atoms with van der Waals surface area (Å²) in [5.41, 5.74) is 1.21. The van der Waals surface area contributed by atoms with Crippen LogP contribution < -0.4 is 0 Å². The monoisotopic (exact) mass is 479 g/mol. The lowest BCUT2D eigenvalue weighted by atomic mass is 9.80. The van der Waals surface area contributed by atoms with Crippen molar-refractivity contribution < 1.29 is 23.8 Å². The van der Waals surface area contributed by atoms with E-state index < -0.39 is 17.8 Å². The van der Waals surface area contributed by atoms with E-state index in [0.717, 1.165) is 44.9 Å². The first-order chi connectivity index (χ1) is 15.9. The molecule has 0 saturated carbocycles. The summed E-state index contributed by atoms with van der Waals surface area (Å²) in [7, 11) is 4.17. The first kappa shape index (κ1) is 29.0. The molecule has 0 spiro atoms. The molecule has 0 amide bonds. The van der Waals surface area contributed by atoms with Crippen molar-refractivity contribution in [2.45, 2.75) is 117 Å². The smallest absolute Gasteiger partial charge is 0.316 e. The quantitative estimate of drug-likeness (QED) is 0.306. The summed E-state index contributed by atoms with van der Waals surface area (Å²) in [6.45, 7) is 16.4. The summed E-state index contributed by atoms with van der Waals surface area (Å²) in [4.78, 5) is 28.5. The molecule has 0 aromatic rings. The molecule has 6 nitrogen and oxygen atoms in total. The van der Waals surface area contributed by atoms with Crippen LogP contribution >= 0.6 is 0 Å². The van der Waals surface area contributed by atoms with Gasteiger partial charge in [-0.15, -0.1) is 0 Å². The van der Waals surface area contributed by atoms with Crippen LogP contribution in [0.15, 0.2) is 12.2 Å². The minimum atomic E-state index is -0.807. The van der Waals surface area contributed by atoms with Gasteiger partial charge in [0, 0.05) is 18.4 Å². The molecule has 0 unspecified atom stereocenters. The highest BCUT2D eigenvalue weighted by Gasteiger charge is 2.39. The number of hydrogen-bond donors (Lipinski definition) is 0. The third kappa shape index (κ3) is 7.89. The van der Waals surface area contributed by atoms with Gasteiger partial charge in [-0.3, -0.25) is 9.59 Å². The molecule has 0 N–H and O–H groups in total. The highest BCUT2D eigenvalue weighted by Crippen LogP contribution is 2.33. The zero-order valence-electron chi connectivity index (χ0n) is 22.8. The van der Waals surface area contributed by atoms with E-state index in [2.05, 4.69) is 46.3 Å². The lowest BCUT2D eigenvalue weighted by molar-refractivity contribution is -0.236. The normalized spacial score (nSPS) is 39.6. The van der Waals surface area contributed by atoms with Gasteiger partial charge >= 0.3 is 5.97 Å². The zero-order valence-corrected chi connectivity index (χ0v) is 22.8. The largest absolute Gasteiger partial charge is 0.462 e. The van der Waals surface area contributed by atoms with E-state index in [4.69, 9.17) is 14.2 Å². The number of ether oxygens (including phenoxy) is 3. The van der Waals surface area contributed by atoms with Gasteiger partial charge < -0.3 is 19.1 Å². The maximum absolute atomic E-state index is 13.5. The molecular formula is C28H49NO5. The van der Waals surface area contributed by atoms with Crippen molar-refractivity contribution in [2.75, 3.05) is 14.1 Å². The Kier molecular flexibility index (Phi) is 11.2. The molecule has 2 aliphatic heterocycles. The average Bonchev–Trinajstić information content (AvgIpc) is 2.78. The highest BCUT2D eigenvalue weighted by atomic mass is 16.7. The van der Waals surface area contributed by atoms with Crippen molar-refractivity contribution >= 4 is 11.8 Å². The molecule has 9 atom stereocenters. The number of ketones is 1. The van der Waals surface area contributed by atoms with Crippen LogP contribution in [0.25, 0.3) is 0 Å². The minimum Gasteiger partial charge on any atom is -0.462 e. The predicted octanol–water partition coefficient (Wildman–Crippen LogP) is 5.39. The van der Waals surface area contributed by atoms with Gasteiger partial charge in [-0.2, -0.15) is 0 Å². The topological polar surface area (TPSA) is 65.1 Å². The van der Waals surface area contributed by atoms with Gasteiger partial charge in [0.15, 0.2) is 12.1 Å². The van der Waals surface area contributed by atoms with Crippen LogP contribution in [0.1, 0.15) is 86.5 Å². The molecular weight excluding hydrogens is 430 g/mol. The second-order valence-electron chi connectivity index (χ2n) is 11.1. The fourth-order valence-electron chi connectivity index (χ4n) is 5.45. The Bertz CT molecular complexity index is 692. The molecule has 2 heterocycles. The van der Waals surface area contributed by atoms with Gasteiger partial charge in [0.1, 0.15) is 12.0 Å². The average molecular weight is 480 g/mol. The number of hydrogen-bond acceptors (Lipinski definition) is 6. The number of allylic oxidation sites excluding steroid dienone is 1. The fourth-order valence-corrected chi connectivity index (χ4v) is 5.45. The van der Waals surface area contributed by atoms with Crippen LogP contribution in [0.5, 0.6) is 0 Å². The van der Waals surface area contributed by atoms with E-state index in [0.29, 0.717) is 12.0 Å². The molecule has 0 aromatic carbocycles. The summed E-state index contributed by atoms with van der Waals surface area (Å²) < 4.78 is 18.5. The molecule has 0 radical (unpaired) electrons. The Morgan fingerprint density at radius 2 is 1.74 bits per heavy atom. The molecule has 196 valence electrons. The van der Waals surface area contributed by atoms with E-state index in [1.165, 1.54) is 5.57 Å². The van der Waals surface area contributed by atoms with Gasteiger partial charge in [0.2, 0.25) is 0 Å². The van der Waals surface area contributed by atoms with Gasteiger partial charge in [-0.1, -0.05) is 39.8 Å². The maximum atomic E-state index is 13.5. The molecule has 34 heavy (non-hydrogen) atoms. The SMILES string of the molecule is C=C1CCC[C@@H](CC)OC(=O)[C@H](C)C(=O)[C@H](C)[C@@H](O[C@H]2C[C@@H](N(C)C)C[C@@H](C)O2)[C@@H](C)C[C@H]1C. The number of cyclic esters (lactones) is 1. The van der Waals surface area contributed by atoms with Gasteiger partial charge in [0.05, 0.1) is 12.2 Å². The van der Waals surface area contributed by atoms with Gasteiger partial charge in [-0.25, -0.2) is 0 Å². The molecule has 2 rings (SSSR count). The molecule has 2 saturated heterocycles. The first-order valence-electron chi connectivity index (χ1n) is 13.3. The number of Topliss-reactive ketones (excluding diaryl/α,β-unsaturated/α-hetero) is 1. The number of nitrogens with zero attached hydrogens (tertiary/aromatic N) is 1. The second-order valence-corrected chi connectivity index (χ2v) is 11.1. The Morgan fingerprint density at radius 1 is 1.06 bits per heavy atom. The lowest BCUT2D eigenvalue weighted by Crippen LogP contribution is -2.47. The Balaban J connectivity index is 2.29. The van der Waals surface area contributed by atoms with E-state index in [9.17, 15) is 9.59 Å². The Labute approximate surface area is 207 Å².